The van der Waals surface area contributed by atoms with E-state index in [4.69, 9.17) is 0 Å². The molecule has 0 radical (unpaired) electrons. The molecular formula is C26H24FN3O2. The zero-order valence-corrected chi connectivity index (χ0v) is 17.7. The van der Waals surface area contributed by atoms with Crippen LogP contribution in [0.2, 0.25) is 0 Å². The van der Waals surface area contributed by atoms with E-state index in [1.807, 2.05) is 59.5 Å². The van der Waals surface area contributed by atoms with Crippen LogP contribution in [0.25, 0.3) is 0 Å². The number of piperazine rings is 1. The Labute approximate surface area is 186 Å². The Bertz CT molecular complexity index is 1130. The van der Waals surface area contributed by atoms with Crippen molar-refractivity contribution in [2.75, 3.05) is 31.1 Å². The van der Waals surface area contributed by atoms with Crippen LogP contribution in [0.15, 0.2) is 78.9 Å². The highest BCUT2D eigenvalue weighted by molar-refractivity contribution is 6.01. The molecule has 5 rings (SSSR count). The summed E-state index contributed by atoms with van der Waals surface area (Å²) < 4.78 is 13.2. The minimum Gasteiger partial charge on any atom is -0.368 e. The van der Waals surface area contributed by atoms with Gasteiger partial charge in [0.25, 0.3) is 5.91 Å². The van der Waals surface area contributed by atoms with Gasteiger partial charge in [-0.2, -0.15) is 0 Å². The van der Waals surface area contributed by atoms with Gasteiger partial charge >= 0.3 is 0 Å². The molecule has 0 spiro atoms. The lowest BCUT2D eigenvalue weighted by molar-refractivity contribution is -0.136. The Kier molecular flexibility index (Phi) is 5.35. The molecule has 0 unspecified atom stereocenters. The maximum atomic E-state index is 13.7. The van der Waals surface area contributed by atoms with Crippen molar-refractivity contribution in [3.63, 3.8) is 0 Å². The molecule has 0 bridgehead atoms. The first kappa shape index (κ1) is 20.2. The molecule has 32 heavy (non-hydrogen) atoms. The monoisotopic (exact) mass is 429 g/mol. The number of hydrogen-bond acceptors (Lipinski definition) is 3. The van der Waals surface area contributed by atoms with Gasteiger partial charge in [0.2, 0.25) is 5.91 Å². The molecule has 3 aromatic rings. The number of hydrogen-bond donors (Lipinski definition) is 0. The van der Waals surface area contributed by atoms with E-state index in [0.717, 1.165) is 16.8 Å². The summed E-state index contributed by atoms with van der Waals surface area (Å²) in [4.78, 5) is 32.6. The number of benzene rings is 3. The van der Waals surface area contributed by atoms with E-state index in [9.17, 15) is 14.0 Å². The molecule has 5 nitrogen and oxygen atoms in total. The van der Waals surface area contributed by atoms with E-state index < -0.39 is 6.04 Å². The van der Waals surface area contributed by atoms with Gasteiger partial charge in [-0.25, -0.2) is 4.39 Å². The van der Waals surface area contributed by atoms with Crippen molar-refractivity contribution in [2.45, 2.75) is 12.6 Å². The van der Waals surface area contributed by atoms with Crippen molar-refractivity contribution in [1.29, 1.82) is 0 Å². The lowest BCUT2D eigenvalue weighted by Crippen LogP contribution is -2.52. The fourth-order valence-electron chi connectivity index (χ4n) is 4.59. The van der Waals surface area contributed by atoms with Crippen LogP contribution in [0, 0.1) is 5.82 Å². The fraction of sp³-hybridized carbons (Fsp3) is 0.231. The van der Waals surface area contributed by atoms with E-state index >= 15 is 0 Å². The predicted molar refractivity (Wildman–Crippen MR) is 121 cm³/mol. The zero-order chi connectivity index (χ0) is 22.1. The Morgan fingerprint density at radius 1 is 0.812 bits per heavy atom. The number of nitrogens with zero attached hydrogens (tertiary/aromatic N) is 3. The third kappa shape index (κ3) is 3.73. The van der Waals surface area contributed by atoms with Crippen molar-refractivity contribution in [2.24, 2.45) is 0 Å². The summed E-state index contributed by atoms with van der Waals surface area (Å²) in [6.07, 6.45) is 0. The van der Waals surface area contributed by atoms with Crippen molar-refractivity contribution in [1.82, 2.24) is 9.80 Å². The van der Waals surface area contributed by atoms with Crippen LogP contribution in [0.5, 0.6) is 0 Å². The lowest BCUT2D eigenvalue weighted by Gasteiger charge is -2.39. The van der Waals surface area contributed by atoms with Gasteiger partial charge in [-0.1, -0.05) is 48.5 Å². The number of halogens is 1. The minimum atomic E-state index is -0.659. The molecule has 1 atom stereocenters. The highest BCUT2D eigenvalue weighted by atomic mass is 19.1. The van der Waals surface area contributed by atoms with Crippen LogP contribution in [0.3, 0.4) is 0 Å². The largest absolute Gasteiger partial charge is 0.368 e. The fourth-order valence-corrected chi connectivity index (χ4v) is 4.59. The molecule has 6 heteroatoms. The topological polar surface area (TPSA) is 43.9 Å². The average Bonchev–Trinajstić information content (AvgIpc) is 3.17. The van der Waals surface area contributed by atoms with Crippen molar-refractivity contribution >= 4 is 17.5 Å². The average molecular weight is 429 g/mol. The first-order chi connectivity index (χ1) is 15.6. The molecule has 0 aliphatic carbocycles. The van der Waals surface area contributed by atoms with Crippen LogP contribution in [0.1, 0.15) is 27.5 Å². The van der Waals surface area contributed by atoms with Gasteiger partial charge in [-0.15, -0.1) is 0 Å². The maximum absolute atomic E-state index is 13.7. The van der Waals surface area contributed by atoms with Gasteiger partial charge in [-0.3, -0.25) is 9.59 Å². The standard InChI is InChI=1S/C26H24FN3O2/c27-21-10-12-22(13-11-21)28-14-16-29(17-15-28)26(32)24(19-6-2-1-3-7-19)30-18-20-8-4-5-9-23(20)25(30)31/h1-13,24H,14-18H2/t24-/m1/s1. The van der Waals surface area contributed by atoms with E-state index in [2.05, 4.69) is 4.90 Å². The second-order valence-electron chi connectivity index (χ2n) is 8.19. The Morgan fingerprint density at radius 2 is 1.47 bits per heavy atom. The van der Waals surface area contributed by atoms with Gasteiger partial charge in [0.15, 0.2) is 0 Å². The molecule has 1 fully saturated rings. The third-order valence-corrected chi connectivity index (χ3v) is 6.29. The minimum absolute atomic E-state index is 0.0592. The number of anilines is 1. The molecule has 162 valence electrons. The van der Waals surface area contributed by atoms with E-state index in [0.29, 0.717) is 38.3 Å². The highest BCUT2D eigenvalue weighted by Gasteiger charge is 2.39. The maximum Gasteiger partial charge on any atom is 0.255 e. The predicted octanol–water partition coefficient (Wildman–Crippen LogP) is 3.87. The number of carbonyl (C=O) groups excluding carboxylic acids is 2. The van der Waals surface area contributed by atoms with E-state index in [1.165, 1.54) is 12.1 Å². The molecule has 3 aromatic carbocycles. The zero-order valence-electron chi connectivity index (χ0n) is 17.7. The van der Waals surface area contributed by atoms with Crippen LogP contribution >= 0.6 is 0 Å². The lowest BCUT2D eigenvalue weighted by atomic mass is 10.0. The van der Waals surface area contributed by atoms with Crippen LogP contribution in [-0.2, 0) is 11.3 Å². The second kappa shape index (κ2) is 8.46. The summed E-state index contributed by atoms with van der Waals surface area (Å²) in [6, 6.07) is 22.8. The number of carbonyl (C=O) groups is 2. The summed E-state index contributed by atoms with van der Waals surface area (Å²) in [6.45, 7) is 2.85. The van der Waals surface area contributed by atoms with Gasteiger partial charge < -0.3 is 14.7 Å². The molecular weight excluding hydrogens is 405 g/mol. The summed E-state index contributed by atoms with van der Waals surface area (Å²) >= 11 is 0. The SMILES string of the molecule is O=C([C@@H](c1ccccc1)N1Cc2ccccc2C1=O)N1CCN(c2ccc(F)cc2)CC1. The molecule has 2 aliphatic rings. The summed E-state index contributed by atoms with van der Waals surface area (Å²) in [5, 5.41) is 0. The number of amides is 2. The highest BCUT2D eigenvalue weighted by Crippen LogP contribution is 2.33. The van der Waals surface area contributed by atoms with Crippen LogP contribution in [-0.4, -0.2) is 47.8 Å². The second-order valence-corrected chi connectivity index (χ2v) is 8.19. The molecule has 0 saturated carbocycles. The molecule has 0 N–H and O–H groups in total. The summed E-state index contributed by atoms with van der Waals surface area (Å²) in [7, 11) is 0. The first-order valence-corrected chi connectivity index (χ1v) is 10.8. The number of fused-ring (bicyclic) bond motifs is 1. The van der Waals surface area contributed by atoms with E-state index in [1.54, 1.807) is 17.0 Å². The Hall–Kier alpha value is -3.67. The third-order valence-electron chi connectivity index (χ3n) is 6.29. The number of rotatable bonds is 4. The van der Waals surface area contributed by atoms with Gasteiger partial charge in [-0.05, 0) is 41.5 Å². The van der Waals surface area contributed by atoms with Gasteiger partial charge in [0.1, 0.15) is 11.9 Å². The smallest absolute Gasteiger partial charge is 0.255 e. The van der Waals surface area contributed by atoms with Crippen LogP contribution < -0.4 is 4.90 Å². The van der Waals surface area contributed by atoms with Crippen molar-refractivity contribution < 1.29 is 14.0 Å². The van der Waals surface area contributed by atoms with E-state index in [-0.39, 0.29) is 17.6 Å². The molecule has 2 amide bonds. The van der Waals surface area contributed by atoms with Gasteiger partial charge in [0, 0.05) is 44.0 Å². The van der Waals surface area contributed by atoms with Crippen molar-refractivity contribution in [3.8, 4) is 0 Å². The molecule has 1 saturated heterocycles. The molecule has 0 aromatic heterocycles. The Morgan fingerprint density at radius 3 is 2.16 bits per heavy atom. The summed E-state index contributed by atoms with van der Waals surface area (Å²) in [5.41, 5.74) is 3.39. The van der Waals surface area contributed by atoms with Gasteiger partial charge in [0.05, 0.1) is 0 Å². The normalized spacial score (nSPS) is 16.8. The van der Waals surface area contributed by atoms with Crippen LogP contribution in [0.4, 0.5) is 10.1 Å². The molecule has 2 aliphatic heterocycles. The summed E-state index contributed by atoms with van der Waals surface area (Å²) in [5.74, 6) is -0.423. The first-order valence-electron chi connectivity index (χ1n) is 10.8. The Balaban J connectivity index is 1.37. The van der Waals surface area contributed by atoms with Crippen molar-refractivity contribution in [3.05, 3.63) is 101 Å². The quantitative estimate of drug-likeness (QED) is 0.633. The molecule has 2 heterocycles.